The summed E-state index contributed by atoms with van der Waals surface area (Å²) < 4.78 is 5.50. The molecule has 0 aromatic rings. The molecule has 0 aromatic carbocycles. The number of hydrogen-bond donors (Lipinski definition) is 0. The quantitative estimate of drug-likeness (QED) is 0.485. The number of fused-ring (bicyclic) bond motifs is 3. The molecular formula is C22H36O2. The van der Waals surface area contributed by atoms with E-state index in [4.69, 9.17) is 4.74 Å². The largest absolute Gasteiger partial charge is 0.466 e. The second-order valence-electron chi connectivity index (χ2n) is 9.40. The van der Waals surface area contributed by atoms with E-state index in [1.807, 2.05) is 6.92 Å². The van der Waals surface area contributed by atoms with Crippen molar-refractivity contribution in [2.75, 3.05) is 6.61 Å². The van der Waals surface area contributed by atoms with Gasteiger partial charge in [-0.05, 0) is 81.5 Å². The lowest BCUT2D eigenvalue weighted by Crippen LogP contribution is -2.53. The second kappa shape index (κ2) is 6.50. The van der Waals surface area contributed by atoms with E-state index in [0.29, 0.717) is 18.4 Å². The van der Waals surface area contributed by atoms with E-state index >= 15 is 0 Å². The van der Waals surface area contributed by atoms with Crippen molar-refractivity contribution in [3.05, 3.63) is 11.6 Å². The molecule has 3 rings (SSSR count). The van der Waals surface area contributed by atoms with Gasteiger partial charge in [-0.1, -0.05) is 38.8 Å². The molecule has 3 aliphatic carbocycles. The normalized spacial score (nSPS) is 42.1. The van der Waals surface area contributed by atoms with Crippen molar-refractivity contribution < 1.29 is 9.53 Å². The monoisotopic (exact) mass is 332 g/mol. The highest BCUT2D eigenvalue weighted by Gasteiger charge is 2.58. The van der Waals surface area contributed by atoms with Crippen molar-refractivity contribution in [3.63, 3.8) is 0 Å². The molecule has 2 fully saturated rings. The van der Waals surface area contributed by atoms with Gasteiger partial charge in [0.25, 0.3) is 0 Å². The smallest absolute Gasteiger partial charge is 0.312 e. The average molecular weight is 333 g/mol. The van der Waals surface area contributed by atoms with E-state index in [9.17, 15) is 4.79 Å². The predicted octanol–water partition coefficient (Wildman–Crippen LogP) is 5.76. The molecule has 5 atom stereocenters. The summed E-state index contributed by atoms with van der Waals surface area (Å²) >= 11 is 0. The Morgan fingerprint density at radius 3 is 2.71 bits per heavy atom. The number of ether oxygens (including phenoxy) is 1. The number of allylic oxidation sites excluding steroid dienone is 2. The molecule has 136 valence electrons. The van der Waals surface area contributed by atoms with Gasteiger partial charge in [0, 0.05) is 0 Å². The minimum absolute atomic E-state index is 0.0497. The molecule has 0 aliphatic heterocycles. The molecule has 2 heteroatoms. The zero-order chi connectivity index (χ0) is 17.5. The Kier molecular flexibility index (Phi) is 4.88. The lowest BCUT2D eigenvalue weighted by atomic mass is 9.46. The summed E-state index contributed by atoms with van der Waals surface area (Å²) in [7, 11) is 0. The van der Waals surface area contributed by atoms with Crippen molar-refractivity contribution in [2.45, 2.75) is 79.6 Å². The maximum atomic E-state index is 12.8. The SMILES string of the molecule is CCOC(=O)[C@@]1(C)CCC[C@@]2(C)C1CC=C1CC(C(C)C)CC[C@H]12. The number of rotatable bonds is 3. The summed E-state index contributed by atoms with van der Waals surface area (Å²) in [4.78, 5) is 12.8. The van der Waals surface area contributed by atoms with Crippen LogP contribution in [0.3, 0.4) is 0 Å². The van der Waals surface area contributed by atoms with E-state index in [0.717, 1.165) is 24.7 Å². The average Bonchev–Trinajstić information content (AvgIpc) is 2.54. The number of carbonyl (C=O) groups is 1. The molecule has 2 unspecified atom stereocenters. The van der Waals surface area contributed by atoms with Crippen LogP contribution in [0.5, 0.6) is 0 Å². The Balaban J connectivity index is 1.90. The van der Waals surface area contributed by atoms with Gasteiger partial charge in [-0.15, -0.1) is 0 Å². The Morgan fingerprint density at radius 1 is 1.29 bits per heavy atom. The maximum Gasteiger partial charge on any atom is 0.312 e. The predicted molar refractivity (Wildman–Crippen MR) is 98.6 cm³/mol. The van der Waals surface area contributed by atoms with Gasteiger partial charge in [-0.2, -0.15) is 0 Å². The maximum absolute atomic E-state index is 12.8. The molecule has 0 spiro atoms. The lowest BCUT2D eigenvalue weighted by molar-refractivity contribution is -0.169. The Bertz CT molecular complexity index is 520. The molecule has 0 saturated heterocycles. The van der Waals surface area contributed by atoms with Crippen LogP contribution in [0.4, 0.5) is 0 Å². The van der Waals surface area contributed by atoms with Crippen LogP contribution in [-0.4, -0.2) is 12.6 Å². The van der Waals surface area contributed by atoms with Crippen molar-refractivity contribution in [2.24, 2.45) is 34.5 Å². The van der Waals surface area contributed by atoms with Crippen molar-refractivity contribution in [1.82, 2.24) is 0 Å². The highest BCUT2D eigenvalue weighted by molar-refractivity contribution is 5.77. The number of esters is 1. The van der Waals surface area contributed by atoms with Gasteiger partial charge in [-0.3, -0.25) is 4.79 Å². The Morgan fingerprint density at radius 2 is 2.04 bits per heavy atom. The highest BCUT2D eigenvalue weighted by Crippen LogP contribution is 2.63. The number of hydrogen-bond acceptors (Lipinski definition) is 2. The standard InChI is InChI=1S/C22H36O2/c1-6-24-20(23)22(5)13-7-12-21(4)18-10-8-16(15(2)3)14-17(18)9-11-19(21)22/h9,15-16,18-19H,6-8,10-14H2,1-5H3/t16?,18-,19?,21-,22+/m1/s1. The summed E-state index contributed by atoms with van der Waals surface area (Å²) in [6.45, 7) is 11.8. The van der Waals surface area contributed by atoms with E-state index < -0.39 is 0 Å². The molecule has 0 radical (unpaired) electrons. The van der Waals surface area contributed by atoms with Crippen LogP contribution in [-0.2, 0) is 9.53 Å². The van der Waals surface area contributed by atoms with Gasteiger partial charge in [0.2, 0.25) is 0 Å². The molecule has 0 heterocycles. The van der Waals surface area contributed by atoms with Crippen LogP contribution in [0.1, 0.15) is 79.6 Å². The third-order valence-corrected chi connectivity index (χ3v) is 7.84. The fraction of sp³-hybridized carbons (Fsp3) is 0.864. The van der Waals surface area contributed by atoms with Crippen LogP contribution >= 0.6 is 0 Å². The van der Waals surface area contributed by atoms with E-state index in [1.165, 1.54) is 32.1 Å². The first-order valence-electron chi connectivity index (χ1n) is 10.2. The van der Waals surface area contributed by atoms with Crippen LogP contribution < -0.4 is 0 Å². The fourth-order valence-electron chi connectivity index (χ4n) is 6.33. The summed E-state index contributed by atoms with van der Waals surface area (Å²) in [6.07, 6.45) is 11.0. The zero-order valence-corrected chi connectivity index (χ0v) is 16.4. The van der Waals surface area contributed by atoms with Crippen LogP contribution in [0, 0.1) is 34.5 Å². The Labute approximate surface area is 148 Å². The number of carbonyl (C=O) groups excluding carboxylic acids is 1. The molecule has 0 N–H and O–H groups in total. The molecule has 3 aliphatic rings. The van der Waals surface area contributed by atoms with Gasteiger partial charge in [0.05, 0.1) is 12.0 Å². The molecular weight excluding hydrogens is 296 g/mol. The molecule has 0 aromatic heterocycles. The minimum atomic E-state index is -0.292. The van der Waals surface area contributed by atoms with Crippen molar-refractivity contribution in [1.29, 1.82) is 0 Å². The topological polar surface area (TPSA) is 26.3 Å². The van der Waals surface area contributed by atoms with E-state index in [-0.39, 0.29) is 16.8 Å². The van der Waals surface area contributed by atoms with Gasteiger partial charge >= 0.3 is 5.97 Å². The molecule has 0 amide bonds. The molecule has 2 nitrogen and oxygen atoms in total. The molecule has 24 heavy (non-hydrogen) atoms. The molecule has 2 saturated carbocycles. The first-order valence-corrected chi connectivity index (χ1v) is 10.2. The minimum Gasteiger partial charge on any atom is -0.466 e. The third-order valence-electron chi connectivity index (χ3n) is 7.84. The van der Waals surface area contributed by atoms with Gasteiger partial charge in [0.1, 0.15) is 0 Å². The first kappa shape index (κ1) is 18.0. The van der Waals surface area contributed by atoms with Crippen molar-refractivity contribution in [3.8, 4) is 0 Å². The Hall–Kier alpha value is -0.790. The van der Waals surface area contributed by atoms with Crippen LogP contribution in [0.2, 0.25) is 0 Å². The van der Waals surface area contributed by atoms with Gasteiger partial charge in [-0.25, -0.2) is 0 Å². The summed E-state index contributed by atoms with van der Waals surface area (Å²) in [6, 6.07) is 0. The first-order chi connectivity index (χ1) is 11.3. The van der Waals surface area contributed by atoms with Crippen molar-refractivity contribution >= 4 is 5.97 Å². The van der Waals surface area contributed by atoms with E-state index in [2.05, 4.69) is 33.8 Å². The third kappa shape index (κ3) is 2.74. The lowest BCUT2D eigenvalue weighted by Gasteiger charge is -2.58. The van der Waals surface area contributed by atoms with E-state index in [1.54, 1.807) is 5.57 Å². The van der Waals surface area contributed by atoms with Gasteiger partial charge in [0.15, 0.2) is 0 Å². The highest BCUT2D eigenvalue weighted by atomic mass is 16.5. The fourth-order valence-corrected chi connectivity index (χ4v) is 6.33. The summed E-state index contributed by atoms with van der Waals surface area (Å²) in [5, 5.41) is 0. The zero-order valence-electron chi connectivity index (χ0n) is 16.4. The summed E-state index contributed by atoms with van der Waals surface area (Å²) in [5.74, 6) is 2.83. The second-order valence-corrected chi connectivity index (χ2v) is 9.40. The van der Waals surface area contributed by atoms with Crippen LogP contribution in [0.15, 0.2) is 11.6 Å². The van der Waals surface area contributed by atoms with Crippen LogP contribution in [0.25, 0.3) is 0 Å². The summed E-state index contributed by atoms with van der Waals surface area (Å²) in [5.41, 5.74) is 1.71. The molecule has 0 bridgehead atoms. The van der Waals surface area contributed by atoms with Gasteiger partial charge < -0.3 is 4.74 Å².